The summed E-state index contributed by atoms with van der Waals surface area (Å²) in [5, 5.41) is 9.63. The first kappa shape index (κ1) is 17.0. The molecule has 1 saturated carbocycles. The summed E-state index contributed by atoms with van der Waals surface area (Å²) in [5.74, 6) is -0.798. The van der Waals surface area contributed by atoms with Crippen molar-refractivity contribution in [1.29, 1.82) is 0 Å². The van der Waals surface area contributed by atoms with Crippen molar-refractivity contribution in [2.24, 2.45) is 5.92 Å². The van der Waals surface area contributed by atoms with Crippen LogP contribution in [0.3, 0.4) is 0 Å². The molecule has 1 aliphatic heterocycles. The van der Waals surface area contributed by atoms with Gasteiger partial charge >= 0.3 is 5.97 Å². The number of carboxylic acids is 1. The average Bonchev–Trinajstić information content (AvgIpc) is 3.00. The number of carbonyl (C=O) groups excluding carboxylic acids is 1. The van der Waals surface area contributed by atoms with Gasteiger partial charge in [0.05, 0.1) is 0 Å². The maximum Gasteiger partial charge on any atom is 0.326 e. The minimum absolute atomic E-state index is 0.0408. The van der Waals surface area contributed by atoms with Gasteiger partial charge in [0, 0.05) is 12.6 Å². The number of hydrogen-bond acceptors (Lipinski definition) is 3. The number of likely N-dealkylation sites (tertiary alicyclic amines) is 1. The quantitative estimate of drug-likeness (QED) is 0.900. The SMILES string of the molecule is CCOC(C(=O)N1C(C(=O)O)CC2CCCCC21)c1ccccc1. The normalized spacial score (nSPS) is 27.5. The summed E-state index contributed by atoms with van der Waals surface area (Å²) in [6.07, 6.45) is 3.94. The van der Waals surface area contributed by atoms with Gasteiger partial charge in [0.15, 0.2) is 6.10 Å². The summed E-state index contributed by atoms with van der Waals surface area (Å²) >= 11 is 0. The fraction of sp³-hybridized carbons (Fsp3) is 0.579. The second-order valence-corrected chi connectivity index (χ2v) is 6.69. The van der Waals surface area contributed by atoms with Crippen molar-refractivity contribution in [2.75, 3.05) is 6.61 Å². The van der Waals surface area contributed by atoms with Crippen molar-refractivity contribution in [2.45, 2.75) is 57.2 Å². The van der Waals surface area contributed by atoms with Crippen LogP contribution in [-0.2, 0) is 14.3 Å². The van der Waals surface area contributed by atoms with Gasteiger partial charge in [-0.25, -0.2) is 4.79 Å². The lowest BCUT2D eigenvalue weighted by molar-refractivity contribution is -0.156. The fourth-order valence-corrected chi connectivity index (χ4v) is 4.24. The van der Waals surface area contributed by atoms with Crippen LogP contribution < -0.4 is 0 Å². The molecule has 5 nitrogen and oxygen atoms in total. The lowest BCUT2D eigenvalue weighted by Gasteiger charge is -2.35. The van der Waals surface area contributed by atoms with Crippen molar-refractivity contribution in [3.8, 4) is 0 Å². The molecule has 0 radical (unpaired) electrons. The van der Waals surface area contributed by atoms with Crippen molar-refractivity contribution in [1.82, 2.24) is 4.90 Å². The Bertz CT molecular complexity index is 588. The molecule has 1 heterocycles. The molecule has 1 aromatic carbocycles. The van der Waals surface area contributed by atoms with Crippen molar-refractivity contribution in [3.63, 3.8) is 0 Å². The van der Waals surface area contributed by atoms with Crippen LogP contribution in [0.15, 0.2) is 30.3 Å². The predicted molar refractivity (Wildman–Crippen MR) is 89.4 cm³/mol. The molecule has 1 saturated heterocycles. The highest BCUT2D eigenvalue weighted by atomic mass is 16.5. The van der Waals surface area contributed by atoms with Gasteiger partial charge in [-0.05, 0) is 37.7 Å². The summed E-state index contributed by atoms with van der Waals surface area (Å²) in [4.78, 5) is 26.6. The van der Waals surface area contributed by atoms with Crippen LogP contribution in [0.5, 0.6) is 0 Å². The van der Waals surface area contributed by atoms with Gasteiger partial charge in [-0.1, -0.05) is 43.2 Å². The van der Waals surface area contributed by atoms with Gasteiger partial charge in [0.1, 0.15) is 6.04 Å². The first-order valence-electron chi connectivity index (χ1n) is 8.85. The van der Waals surface area contributed by atoms with Crippen LogP contribution in [-0.4, -0.2) is 40.6 Å². The number of amides is 1. The van der Waals surface area contributed by atoms with Crippen LogP contribution in [0.25, 0.3) is 0 Å². The molecule has 1 N–H and O–H groups in total. The monoisotopic (exact) mass is 331 g/mol. The average molecular weight is 331 g/mol. The van der Waals surface area contributed by atoms with Gasteiger partial charge < -0.3 is 14.7 Å². The summed E-state index contributed by atoms with van der Waals surface area (Å²) in [5.41, 5.74) is 0.785. The first-order chi connectivity index (χ1) is 11.6. The minimum Gasteiger partial charge on any atom is -0.480 e. The van der Waals surface area contributed by atoms with E-state index >= 15 is 0 Å². The molecule has 1 amide bonds. The number of benzene rings is 1. The molecule has 2 fully saturated rings. The van der Waals surface area contributed by atoms with Crippen LogP contribution >= 0.6 is 0 Å². The maximum absolute atomic E-state index is 13.2. The Morgan fingerprint density at radius 2 is 1.96 bits per heavy atom. The van der Waals surface area contributed by atoms with Gasteiger partial charge in [0.25, 0.3) is 5.91 Å². The number of ether oxygens (including phenoxy) is 1. The molecular weight excluding hydrogens is 306 g/mol. The molecule has 0 spiro atoms. The molecule has 0 bridgehead atoms. The molecule has 24 heavy (non-hydrogen) atoms. The van der Waals surface area contributed by atoms with Crippen molar-refractivity contribution < 1.29 is 19.4 Å². The smallest absolute Gasteiger partial charge is 0.326 e. The number of aliphatic carboxylic acids is 1. The van der Waals surface area contributed by atoms with E-state index in [-0.39, 0.29) is 11.9 Å². The Morgan fingerprint density at radius 1 is 1.25 bits per heavy atom. The molecule has 130 valence electrons. The van der Waals surface area contributed by atoms with E-state index < -0.39 is 18.1 Å². The van der Waals surface area contributed by atoms with Crippen molar-refractivity contribution in [3.05, 3.63) is 35.9 Å². The molecule has 4 atom stereocenters. The summed E-state index contributed by atoms with van der Waals surface area (Å²) in [7, 11) is 0. The molecule has 4 unspecified atom stereocenters. The van der Waals surface area contributed by atoms with E-state index in [4.69, 9.17) is 4.74 Å². The van der Waals surface area contributed by atoms with Crippen LogP contribution in [0, 0.1) is 5.92 Å². The number of carbonyl (C=O) groups is 2. The van der Waals surface area contributed by atoms with Gasteiger partial charge in [0.2, 0.25) is 0 Å². The summed E-state index contributed by atoms with van der Waals surface area (Å²) in [6, 6.07) is 8.68. The first-order valence-corrected chi connectivity index (χ1v) is 8.85. The second kappa shape index (κ2) is 7.34. The van der Waals surface area contributed by atoms with E-state index in [2.05, 4.69) is 0 Å². The third-order valence-electron chi connectivity index (χ3n) is 5.29. The predicted octanol–water partition coefficient (Wildman–Crippen LogP) is 3.01. The number of rotatable bonds is 5. The summed E-state index contributed by atoms with van der Waals surface area (Å²) in [6.45, 7) is 2.26. The zero-order valence-corrected chi connectivity index (χ0v) is 14.1. The number of carboxylic acid groups (broad SMARTS) is 1. The Balaban J connectivity index is 1.90. The Hall–Kier alpha value is -1.88. The molecule has 0 aromatic heterocycles. The van der Waals surface area contributed by atoms with Gasteiger partial charge in [-0.15, -0.1) is 0 Å². The second-order valence-electron chi connectivity index (χ2n) is 6.69. The minimum atomic E-state index is -0.902. The molecule has 1 aromatic rings. The topological polar surface area (TPSA) is 66.8 Å². The summed E-state index contributed by atoms with van der Waals surface area (Å²) < 4.78 is 5.73. The highest BCUT2D eigenvalue weighted by Gasteiger charge is 2.49. The molecular formula is C19H25NO4. The van der Waals surface area contributed by atoms with Gasteiger partial charge in [-0.3, -0.25) is 4.79 Å². The van der Waals surface area contributed by atoms with E-state index in [1.807, 2.05) is 37.3 Å². The standard InChI is InChI=1S/C19H25NO4/c1-2-24-17(13-8-4-3-5-9-13)18(21)20-15-11-7-6-10-14(15)12-16(20)19(22)23/h3-5,8-9,14-17H,2,6-7,10-12H2,1H3,(H,22,23). The lowest BCUT2D eigenvalue weighted by Crippen LogP contribution is -2.48. The van der Waals surface area contributed by atoms with E-state index in [1.165, 1.54) is 0 Å². The molecule has 3 rings (SSSR count). The van der Waals surface area contributed by atoms with E-state index in [0.717, 1.165) is 31.2 Å². The fourth-order valence-electron chi connectivity index (χ4n) is 4.24. The van der Waals surface area contributed by atoms with Crippen LogP contribution in [0.2, 0.25) is 0 Å². The zero-order valence-electron chi connectivity index (χ0n) is 14.1. The van der Waals surface area contributed by atoms with E-state index in [1.54, 1.807) is 4.90 Å². The Morgan fingerprint density at radius 3 is 2.62 bits per heavy atom. The van der Waals surface area contributed by atoms with Crippen molar-refractivity contribution >= 4 is 11.9 Å². The van der Waals surface area contributed by atoms with Crippen LogP contribution in [0.4, 0.5) is 0 Å². The lowest BCUT2D eigenvalue weighted by atomic mass is 9.84. The number of nitrogens with zero attached hydrogens (tertiary/aromatic N) is 1. The van der Waals surface area contributed by atoms with E-state index in [0.29, 0.717) is 18.9 Å². The third kappa shape index (κ3) is 3.18. The van der Waals surface area contributed by atoms with Crippen LogP contribution in [0.1, 0.15) is 50.7 Å². The number of fused-ring (bicyclic) bond motifs is 1. The molecule has 2 aliphatic rings. The largest absolute Gasteiger partial charge is 0.480 e. The van der Waals surface area contributed by atoms with Gasteiger partial charge in [-0.2, -0.15) is 0 Å². The zero-order chi connectivity index (χ0) is 17.1. The molecule has 5 heteroatoms. The third-order valence-corrected chi connectivity index (χ3v) is 5.29. The maximum atomic E-state index is 13.2. The highest BCUT2D eigenvalue weighted by Crippen LogP contribution is 2.41. The molecule has 1 aliphatic carbocycles. The van der Waals surface area contributed by atoms with E-state index in [9.17, 15) is 14.7 Å². The Labute approximate surface area is 142 Å². The number of hydrogen-bond donors (Lipinski definition) is 1. The highest BCUT2D eigenvalue weighted by molar-refractivity contribution is 5.88. The Kier molecular flexibility index (Phi) is 5.19.